The van der Waals surface area contributed by atoms with Gasteiger partial charge in [0.05, 0.1) is 26.4 Å². The Hall–Kier alpha value is 0.180. The third kappa shape index (κ3) is 7.36. The van der Waals surface area contributed by atoms with Crippen LogP contribution in [0.25, 0.3) is 0 Å². The van der Waals surface area contributed by atoms with Gasteiger partial charge < -0.3 is 19.3 Å². The van der Waals surface area contributed by atoms with Crippen LogP contribution in [0.4, 0.5) is 0 Å². The molecule has 0 bridgehead atoms. The van der Waals surface area contributed by atoms with Crippen LogP contribution in [-0.2, 0) is 31.7 Å². The van der Waals surface area contributed by atoms with E-state index in [9.17, 15) is 9.13 Å². The molecule has 2 rings (SSSR count). The average Bonchev–Trinajstić information content (AvgIpc) is 2.72. The van der Waals surface area contributed by atoms with Gasteiger partial charge >= 0.3 is 15.4 Å². The minimum absolute atomic E-state index is 0.0132. The number of phosphoric acid groups is 1. The second-order valence-corrected chi connectivity index (χ2v) is 12.7. The molecule has 2 aliphatic rings. The smallest absolute Gasteiger partial charge is 0.396 e. The maximum atomic E-state index is 14.0. The summed E-state index contributed by atoms with van der Waals surface area (Å²) in [6, 6.07) is 0. The van der Waals surface area contributed by atoms with Gasteiger partial charge in [-0.3, -0.25) is 18.1 Å². The topological polar surface area (TPSA) is 121 Å². The molecule has 0 amide bonds. The summed E-state index contributed by atoms with van der Waals surface area (Å²) in [6.45, 7) is 4.57. The maximum Gasteiger partial charge on any atom is 0.475 e. The number of aliphatic hydroxyl groups is 2. The van der Waals surface area contributed by atoms with Crippen LogP contribution >= 0.6 is 15.4 Å². The van der Waals surface area contributed by atoms with Gasteiger partial charge in [0, 0.05) is 18.6 Å². The molecule has 0 unspecified atom stereocenters. The predicted octanol–water partition coefficient (Wildman–Crippen LogP) is 4.62. The molecule has 9 nitrogen and oxygen atoms in total. The maximum absolute atomic E-state index is 14.0. The van der Waals surface area contributed by atoms with Gasteiger partial charge in [-0.2, -0.15) is 0 Å². The van der Waals surface area contributed by atoms with Crippen LogP contribution in [0, 0.1) is 5.41 Å². The van der Waals surface area contributed by atoms with Gasteiger partial charge in [-0.15, -0.1) is 0 Å². The van der Waals surface area contributed by atoms with Gasteiger partial charge in [0.25, 0.3) is 0 Å². The first kappa shape index (κ1) is 26.4. The zero-order valence-electron chi connectivity index (χ0n) is 18.3. The van der Waals surface area contributed by atoms with Crippen LogP contribution in [0.5, 0.6) is 0 Å². The Morgan fingerprint density at radius 1 is 0.900 bits per heavy atom. The van der Waals surface area contributed by atoms with Gasteiger partial charge in [-0.05, 0) is 51.4 Å². The van der Waals surface area contributed by atoms with E-state index < -0.39 is 20.8 Å². The lowest BCUT2D eigenvalue weighted by molar-refractivity contribution is -0.0378. The first-order chi connectivity index (χ1) is 14.2. The van der Waals surface area contributed by atoms with E-state index >= 15 is 0 Å². The lowest BCUT2D eigenvalue weighted by atomic mass is 9.97. The molecule has 1 aliphatic heterocycles. The second-order valence-electron chi connectivity index (χ2n) is 8.78. The highest BCUT2D eigenvalue weighted by atomic mass is 31.2. The standard InChI is InChI=1S/C19H38O9P2/c1-18(2)16-26-30(23,27-17-18)28-19(10-4-3-5-11-19)29(22,24-14-8-6-12-20)25-15-9-7-13-21/h20-21H,3-17H2,1-2H3. The third-order valence-corrected chi connectivity index (χ3v) is 9.46. The van der Waals surface area contributed by atoms with Crippen LogP contribution in [0.2, 0.25) is 0 Å². The van der Waals surface area contributed by atoms with E-state index in [1.807, 2.05) is 13.8 Å². The summed E-state index contributed by atoms with van der Waals surface area (Å²) in [6.07, 6.45) is 5.18. The van der Waals surface area contributed by atoms with Crippen molar-refractivity contribution in [1.29, 1.82) is 0 Å². The van der Waals surface area contributed by atoms with Gasteiger partial charge in [0.15, 0.2) is 5.34 Å². The van der Waals surface area contributed by atoms with E-state index in [0.29, 0.717) is 38.5 Å². The van der Waals surface area contributed by atoms with Crippen molar-refractivity contribution in [3.05, 3.63) is 0 Å². The summed E-state index contributed by atoms with van der Waals surface area (Å²) in [4.78, 5) is 0. The molecular formula is C19H38O9P2. The van der Waals surface area contributed by atoms with E-state index in [1.165, 1.54) is 0 Å². The fraction of sp³-hybridized carbons (Fsp3) is 1.00. The van der Waals surface area contributed by atoms with E-state index in [4.69, 9.17) is 32.8 Å². The molecule has 1 saturated carbocycles. The summed E-state index contributed by atoms with van der Waals surface area (Å²) in [7, 11) is -7.79. The highest BCUT2D eigenvalue weighted by molar-refractivity contribution is 7.56. The number of unbranched alkanes of at least 4 members (excludes halogenated alkanes) is 2. The number of phosphoric ester groups is 1. The highest BCUT2D eigenvalue weighted by Crippen LogP contribution is 2.72. The monoisotopic (exact) mass is 472 g/mol. The highest BCUT2D eigenvalue weighted by Gasteiger charge is 2.58. The summed E-state index contributed by atoms with van der Waals surface area (Å²) < 4.78 is 55.8. The summed E-state index contributed by atoms with van der Waals surface area (Å²) in [5.74, 6) is 0. The molecule has 1 heterocycles. The van der Waals surface area contributed by atoms with Crippen molar-refractivity contribution in [3.63, 3.8) is 0 Å². The van der Waals surface area contributed by atoms with Crippen molar-refractivity contribution in [2.45, 2.75) is 77.0 Å². The molecule has 2 fully saturated rings. The minimum Gasteiger partial charge on any atom is -0.396 e. The predicted molar refractivity (Wildman–Crippen MR) is 112 cm³/mol. The molecule has 0 aromatic carbocycles. The molecule has 0 spiro atoms. The minimum atomic E-state index is -3.93. The average molecular weight is 472 g/mol. The Morgan fingerprint density at radius 2 is 1.40 bits per heavy atom. The molecular weight excluding hydrogens is 434 g/mol. The van der Waals surface area contributed by atoms with Gasteiger partial charge in [-0.1, -0.05) is 20.3 Å². The van der Waals surface area contributed by atoms with Crippen molar-refractivity contribution in [1.82, 2.24) is 0 Å². The Labute approximate surface area is 179 Å². The number of rotatable bonds is 13. The van der Waals surface area contributed by atoms with Crippen molar-refractivity contribution in [3.8, 4) is 0 Å². The quantitative estimate of drug-likeness (QED) is 0.292. The van der Waals surface area contributed by atoms with Crippen molar-refractivity contribution in [2.24, 2.45) is 5.41 Å². The second kappa shape index (κ2) is 11.9. The van der Waals surface area contributed by atoms with Crippen LogP contribution in [0.1, 0.15) is 71.6 Å². The fourth-order valence-electron chi connectivity index (χ4n) is 3.44. The lowest BCUT2D eigenvalue weighted by Crippen LogP contribution is -2.38. The van der Waals surface area contributed by atoms with Crippen LogP contribution < -0.4 is 0 Å². The number of aliphatic hydroxyl groups excluding tert-OH is 2. The Bertz CT molecular complexity index is 575. The molecule has 2 N–H and O–H groups in total. The van der Waals surface area contributed by atoms with Crippen molar-refractivity contribution < 1.29 is 42.0 Å². The van der Waals surface area contributed by atoms with Crippen LogP contribution in [0.3, 0.4) is 0 Å². The van der Waals surface area contributed by atoms with E-state index in [0.717, 1.165) is 19.3 Å². The van der Waals surface area contributed by atoms with Gasteiger partial charge in [0.1, 0.15) is 0 Å². The molecule has 0 atom stereocenters. The molecule has 1 aliphatic carbocycles. The normalized spacial score (nSPS) is 23.3. The Morgan fingerprint density at radius 3 is 1.87 bits per heavy atom. The first-order valence-corrected chi connectivity index (χ1v) is 13.9. The van der Waals surface area contributed by atoms with Gasteiger partial charge in [0.2, 0.25) is 0 Å². The fourth-order valence-corrected chi connectivity index (χ4v) is 8.08. The number of hydrogen-bond donors (Lipinski definition) is 2. The first-order valence-electron chi connectivity index (χ1n) is 10.9. The summed E-state index contributed by atoms with van der Waals surface area (Å²) >= 11 is 0. The molecule has 0 radical (unpaired) electrons. The van der Waals surface area contributed by atoms with Gasteiger partial charge in [-0.25, -0.2) is 4.57 Å². The molecule has 0 aromatic heterocycles. The Balaban J connectivity index is 2.22. The summed E-state index contributed by atoms with van der Waals surface area (Å²) in [5, 5.41) is 16.6. The van der Waals surface area contributed by atoms with Crippen molar-refractivity contribution >= 4 is 15.4 Å². The third-order valence-electron chi connectivity index (χ3n) is 5.27. The molecule has 178 valence electrons. The van der Waals surface area contributed by atoms with E-state index in [2.05, 4.69) is 0 Å². The van der Waals surface area contributed by atoms with E-state index in [1.54, 1.807) is 0 Å². The molecule has 0 aromatic rings. The van der Waals surface area contributed by atoms with Crippen molar-refractivity contribution in [2.75, 3.05) is 39.6 Å². The molecule has 1 saturated heterocycles. The zero-order chi connectivity index (χ0) is 22.1. The SMILES string of the molecule is CC1(C)COP(=O)(OC2(P(=O)(OCCCCO)OCCCCO)CCCCC2)OC1. The van der Waals surface area contributed by atoms with Crippen LogP contribution in [-0.4, -0.2) is 55.2 Å². The number of hydrogen-bond acceptors (Lipinski definition) is 9. The van der Waals surface area contributed by atoms with E-state index in [-0.39, 0.29) is 45.1 Å². The molecule has 30 heavy (non-hydrogen) atoms. The lowest BCUT2D eigenvalue weighted by Gasteiger charge is -2.44. The Kier molecular flexibility index (Phi) is 10.5. The van der Waals surface area contributed by atoms with Crippen LogP contribution in [0.15, 0.2) is 0 Å². The summed E-state index contributed by atoms with van der Waals surface area (Å²) in [5.41, 5.74) is -0.289. The zero-order valence-corrected chi connectivity index (χ0v) is 20.0. The largest absolute Gasteiger partial charge is 0.475 e. The molecule has 11 heteroatoms.